The number of aryl methyl sites for hydroxylation is 1. The Morgan fingerprint density at radius 2 is 1.79 bits per heavy atom. The van der Waals surface area contributed by atoms with Gasteiger partial charge in [-0.2, -0.15) is 0 Å². The van der Waals surface area contributed by atoms with Gasteiger partial charge in [0.1, 0.15) is 0 Å². The van der Waals surface area contributed by atoms with Gasteiger partial charge >= 0.3 is 6.03 Å². The Labute approximate surface area is 81.3 Å². The van der Waals surface area contributed by atoms with E-state index in [-0.39, 0.29) is 5.91 Å². The lowest BCUT2D eigenvalue weighted by Crippen LogP contribution is -2.36. The molecule has 1 aliphatic rings. The van der Waals surface area contributed by atoms with E-state index in [1.165, 1.54) is 0 Å². The van der Waals surface area contributed by atoms with Crippen molar-refractivity contribution in [3.8, 4) is 0 Å². The first kappa shape index (κ1) is 8.74. The number of hydrogen-bond acceptors (Lipinski definition) is 2. The molecule has 0 aromatic heterocycles. The average molecular weight is 190 g/mol. The third kappa shape index (κ3) is 1.74. The summed E-state index contributed by atoms with van der Waals surface area (Å²) in [5, 5.41) is 4.86. The molecule has 14 heavy (non-hydrogen) atoms. The molecule has 0 radical (unpaired) electrons. The maximum Gasteiger partial charge on any atom is 0.325 e. The fourth-order valence-electron chi connectivity index (χ4n) is 1.45. The molecule has 3 amide bonds. The third-order valence-electron chi connectivity index (χ3n) is 2.14. The van der Waals surface area contributed by atoms with Crippen molar-refractivity contribution >= 4 is 17.6 Å². The minimum absolute atomic E-state index is 0.239. The smallest absolute Gasteiger partial charge is 0.307 e. The highest BCUT2D eigenvalue weighted by molar-refractivity contribution is 6.02. The molecule has 1 aromatic carbocycles. The topological polar surface area (TPSA) is 58.2 Å². The van der Waals surface area contributed by atoms with Crippen LogP contribution in [0.5, 0.6) is 0 Å². The molecule has 0 saturated heterocycles. The van der Waals surface area contributed by atoms with Crippen LogP contribution in [0.3, 0.4) is 0 Å². The lowest BCUT2D eigenvalue weighted by atomic mass is 10.1. The van der Waals surface area contributed by atoms with Crippen molar-refractivity contribution in [3.05, 3.63) is 29.8 Å². The molecule has 0 aliphatic carbocycles. The van der Waals surface area contributed by atoms with Gasteiger partial charge in [-0.25, -0.2) is 4.79 Å². The van der Waals surface area contributed by atoms with E-state index in [0.29, 0.717) is 12.8 Å². The minimum atomic E-state index is -0.456. The first-order valence-corrected chi connectivity index (χ1v) is 4.44. The number of nitrogens with one attached hydrogen (secondary N) is 2. The molecule has 2 rings (SSSR count). The van der Waals surface area contributed by atoms with Gasteiger partial charge < -0.3 is 5.32 Å². The quantitative estimate of drug-likeness (QED) is 0.647. The van der Waals surface area contributed by atoms with Gasteiger partial charge in [-0.1, -0.05) is 18.2 Å². The predicted molar refractivity (Wildman–Crippen MR) is 51.9 cm³/mol. The van der Waals surface area contributed by atoms with Crippen LogP contribution >= 0.6 is 0 Å². The monoisotopic (exact) mass is 190 g/mol. The summed E-state index contributed by atoms with van der Waals surface area (Å²) in [5.41, 5.74) is 1.77. The van der Waals surface area contributed by atoms with Gasteiger partial charge in [-0.15, -0.1) is 0 Å². The van der Waals surface area contributed by atoms with E-state index in [1.807, 2.05) is 24.3 Å². The lowest BCUT2D eigenvalue weighted by Gasteiger charge is -2.14. The van der Waals surface area contributed by atoms with Gasteiger partial charge in [0.2, 0.25) is 5.91 Å². The fourth-order valence-corrected chi connectivity index (χ4v) is 1.45. The van der Waals surface area contributed by atoms with Crippen molar-refractivity contribution < 1.29 is 9.59 Å². The molecule has 1 aromatic rings. The molecule has 1 heterocycles. The Morgan fingerprint density at radius 1 is 1.00 bits per heavy atom. The molecule has 0 fully saturated rings. The molecular formula is C10H10N2O2. The summed E-state index contributed by atoms with van der Waals surface area (Å²) in [5.74, 6) is -0.239. The lowest BCUT2D eigenvalue weighted by molar-refractivity contribution is -0.119. The summed E-state index contributed by atoms with van der Waals surface area (Å²) < 4.78 is 0. The number of carbonyl (C=O) groups excluding carboxylic acids is 2. The molecule has 0 spiro atoms. The van der Waals surface area contributed by atoms with Crippen LogP contribution in [0.15, 0.2) is 24.3 Å². The Kier molecular flexibility index (Phi) is 2.18. The van der Waals surface area contributed by atoms with E-state index < -0.39 is 6.03 Å². The number of amides is 3. The average Bonchev–Trinajstić information content (AvgIpc) is 2.14. The Morgan fingerprint density at radius 3 is 2.64 bits per heavy atom. The summed E-state index contributed by atoms with van der Waals surface area (Å²) in [4.78, 5) is 22.3. The zero-order chi connectivity index (χ0) is 9.97. The summed E-state index contributed by atoms with van der Waals surface area (Å²) in [6.07, 6.45) is 1.01. The second kappa shape index (κ2) is 3.49. The maximum atomic E-state index is 11.2. The van der Waals surface area contributed by atoms with Crippen molar-refractivity contribution in [1.29, 1.82) is 0 Å². The van der Waals surface area contributed by atoms with Gasteiger partial charge in [0, 0.05) is 12.1 Å². The summed E-state index contributed by atoms with van der Waals surface area (Å²) in [6.45, 7) is 0. The van der Waals surface area contributed by atoms with E-state index in [4.69, 9.17) is 0 Å². The van der Waals surface area contributed by atoms with Crippen molar-refractivity contribution in [3.63, 3.8) is 0 Å². The first-order valence-electron chi connectivity index (χ1n) is 4.44. The molecule has 1 aliphatic heterocycles. The summed E-state index contributed by atoms with van der Waals surface area (Å²) in [6, 6.07) is 7.02. The number of carbonyl (C=O) groups is 2. The number of urea groups is 1. The van der Waals surface area contributed by atoms with Gasteiger partial charge in [-0.05, 0) is 18.1 Å². The Bertz CT molecular complexity index is 387. The van der Waals surface area contributed by atoms with Crippen LogP contribution in [0.25, 0.3) is 0 Å². The number of anilines is 1. The molecule has 0 saturated carbocycles. The zero-order valence-corrected chi connectivity index (χ0v) is 7.54. The van der Waals surface area contributed by atoms with Crippen LogP contribution in [0.4, 0.5) is 10.5 Å². The zero-order valence-electron chi connectivity index (χ0n) is 7.54. The highest BCUT2D eigenvalue weighted by atomic mass is 16.2. The summed E-state index contributed by atoms with van der Waals surface area (Å²) >= 11 is 0. The normalized spacial score (nSPS) is 16.0. The SMILES string of the molecule is O=C1CCc2ccccc2NC(=O)N1. The highest BCUT2D eigenvalue weighted by Crippen LogP contribution is 2.17. The van der Waals surface area contributed by atoms with Crippen LogP contribution < -0.4 is 10.6 Å². The summed E-state index contributed by atoms with van der Waals surface area (Å²) in [7, 11) is 0. The fraction of sp³-hybridized carbons (Fsp3) is 0.200. The van der Waals surface area contributed by atoms with Gasteiger partial charge in [0.15, 0.2) is 0 Å². The molecule has 72 valence electrons. The van der Waals surface area contributed by atoms with Crippen molar-refractivity contribution in [2.45, 2.75) is 12.8 Å². The standard InChI is InChI=1S/C10H10N2O2/c13-9-6-5-7-3-1-2-4-8(7)11-10(14)12-9/h1-4H,5-6H2,(H2,11,12,13,14). The Hall–Kier alpha value is -1.84. The van der Waals surface area contributed by atoms with Crippen LogP contribution in [0.2, 0.25) is 0 Å². The molecule has 4 heteroatoms. The van der Waals surface area contributed by atoms with Gasteiger partial charge in [0.25, 0.3) is 0 Å². The van der Waals surface area contributed by atoms with E-state index in [2.05, 4.69) is 10.6 Å². The number of hydrogen-bond donors (Lipinski definition) is 2. The van der Waals surface area contributed by atoms with Gasteiger partial charge in [0.05, 0.1) is 0 Å². The van der Waals surface area contributed by atoms with E-state index in [0.717, 1.165) is 11.3 Å². The highest BCUT2D eigenvalue weighted by Gasteiger charge is 2.14. The molecule has 0 bridgehead atoms. The number of rotatable bonds is 0. The van der Waals surface area contributed by atoms with Gasteiger partial charge in [-0.3, -0.25) is 10.1 Å². The van der Waals surface area contributed by atoms with Crippen LogP contribution in [-0.2, 0) is 11.2 Å². The largest absolute Gasteiger partial charge is 0.325 e. The van der Waals surface area contributed by atoms with E-state index in [9.17, 15) is 9.59 Å². The Balaban J connectivity index is 2.33. The second-order valence-corrected chi connectivity index (χ2v) is 3.16. The van der Waals surface area contributed by atoms with E-state index in [1.54, 1.807) is 0 Å². The molecule has 4 nitrogen and oxygen atoms in total. The second-order valence-electron chi connectivity index (χ2n) is 3.16. The predicted octanol–water partition coefficient (Wildman–Crippen LogP) is 1.28. The first-order chi connectivity index (χ1) is 6.75. The van der Waals surface area contributed by atoms with Crippen LogP contribution in [-0.4, -0.2) is 11.9 Å². The third-order valence-corrected chi connectivity index (χ3v) is 2.14. The van der Waals surface area contributed by atoms with E-state index >= 15 is 0 Å². The number of para-hydroxylation sites is 1. The molecular weight excluding hydrogens is 180 g/mol. The maximum absolute atomic E-state index is 11.2. The van der Waals surface area contributed by atoms with Crippen molar-refractivity contribution in [2.75, 3.05) is 5.32 Å². The molecule has 0 unspecified atom stereocenters. The van der Waals surface area contributed by atoms with Crippen LogP contribution in [0.1, 0.15) is 12.0 Å². The van der Waals surface area contributed by atoms with Crippen LogP contribution in [0, 0.1) is 0 Å². The molecule has 2 N–H and O–H groups in total. The van der Waals surface area contributed by atoms with Crippen molar-refractivity contribution in [1.82, 2.24) is 5.32 Å². The van der Waals surface area contributed by atoms with Crippen molar-refractivity contribution in [2.24, 2.45) is 0 Å². The number of benzene rings is 1. The molecule has 0 atom stereocenters. The minimum Gasteiger partial charge on any atom is -0.307 e. The number of fused-ring (bicyclic) bond motifs is 1. The number of imide groups is 1.